The summed E-state index contributed by atoms with van der Waals surface area (Å²) in [5, 5.41) is 7.55. The predicted octanol–water partition coefficient (Wildman–Crippen LogP) is 7.50. The van der Waals surface area contributed by atoms with Crippen LogP contribution < -0.4 is 20.3 Å². The number of hydrogen-bond donors (Lipinski definition) is 2. The number of nitrogens with zero attached hydrogens (tertiary/aromatic N) is 2. The molecule has 0 radical (unpaired) electrons. The number of rotatable bonds is 8. The zero-order valence-corrected chi connectivity index (χ0v) is 24.2. The van der Waals surface area contributed by atoms with Gasteiger partial charge in [-0.2, -0.15) is 0 Å². The van der Waals surface area contributed by atoms with Crippen molar-refractivity contribution in [1.29, 1.82) is 0 Å². The van der Waals surface area contributed by atoms with Crippen molar-refractivity contribution < 1.29 is 13.9 Å². The number of amides is 1. The van der Waals surface area contributed by atoms with Gasteiger partial charge in [-0.15, -0.1) is 0 Å². The first-order valence-corrected chi connectivity index (χ1v) is 14.2. The van der Waals surface area contributed by atoms with Crippen LogP contribution in [0.4, 0.5) is 11.4 Å². The van der Waals surface area contributed by atoms with Crippen LogP contribution in [0.25, 0.3) is 11.3 Å². The van der Waals surface area contributed by atoms with Crippen LogP contribution in [0.5, 0.6) is 5.75 Å². The van der Waals surface area contributed by atoms with Gasteiger partial charge in [-0.1, -0.05) is 48.0 Å². The number of anilines is 2. The Morgan fingerprint density at radius 2 is 1.79 bits per heavy atom. The number of nitrogens with one attached hydrogen (secondary N) is 2. The van der Waals surface area contributed by atoms with Crippen LogP contribution in [0.15, 0.2) is 114 Å². The summed E-state index contributed by atoms with van der Waals surface area (Å²) in [6, 6.07) is 31.7. The number of ether oxygens (including phenoxy) is 1. The molecule has 9 heteroatoms. The van der Waals surface area contributed by atoms with Gasteiger partial charge in [0, 0.05) is 28.2 Å². The van der Waals surface area contributed by atoms with E-state index in [0.717, 1.165) is 34.0 Å². The molecule has 1 fully saturated rings. The predicted molar refractivity (Wildman–Crippen MR) is 169 cm³/mol. The van der Waals surface area contributed by atoms with E-state index in [2.05, 4.69) is 15.6 Å². The summed E-state index contributed by atoms with van der Waals surface area (Å²) < 4.78 is 12.0. The molecule has 1 aliphatic rings. The van der Waals surface area contributed by atoms with Crippen molar-refractivity contribution in [3.63, 3.8) is 0 Å². The third kappa shape index (κ3) is 5.72. The van der Waals surface area contributed by atoms with Crippen molar-refractivity contribution in [2.45, 2.75) is 19.0 Å². The number of carbonyl (C=O) groups is 1. The molecule has 210 valence electrons. The highest BCUT2D eigenvalue weighted by Crippen LogP contribution is 2.43. The van der Waals surface area contributed by atoms with Crippen LogP contribution in [0, 0.1) is 6.92 Å². The number of pyridine rings is 1. The molecule has 0 unspecified atom stereocenters. The molecule has 0 bridgehead atoms. The molecule has 1 saturated heterocycles. The summed E-state index contributed by atoms with van der Waals surface area (Å²) in [5.41, 5.74) is 4.20. The fraction of sp³-hybridized carbons (Fsp3) is 0.121. The van der Waals surface area contributed by atoms with Gasteiger partial charge in [-0.25, -0.2) is 0 Å². The van der Waals surface area contributed by atoms with Crippen LogP contribution in [0.2, 0.25) is 5.02 Å². The summed E-state index contributed by atoms with van der Waals surface area (Å²) in [4.78, 5) is 19.1. The Balaban J connectivity index is 1.27. The average Bonchev–Trinajstić information content (AvgIpc) is 3.63. The van der Waals surface area contributed by atoms with Crippen LogP contribution in [-0.2, 0) is 4.79 Å². The van der Waals surface area contributed by atoms with Crippen molar-refractivity contribution in [2.75, 3.05) is 16.8 Å². The van der Waals surface area contributed by atoms with Crippen LogP contribution in [0.3, 0.4) is 0 Å². The summed E-state index contributed by atoms with van der Waals surface area (Å²) >= 11 is 12.2. The third-order valence-corrected chi connectivity index (χ3v) is 7.82. The molecule has 6 rings (SSSR count). The zero-order valence-electron chi connectivity index (χ0n) is 22.7. The van der Waals surface area contributed by atoms with E-state index in [9.17, 15) is 4.79 Å². The maximum atomic E-state index is 12.5. The Morgan fingerprint density at radius 1 is 1.00 bits per heavy atom. The van der Waals surface area contributed by atoms with Gasteiger partial charge in [0.05, 0.1) is 11.7 Å². The number of halogens is 1. The molecule has 7 nitrogen and oxygen atoms in total. The molecule has 2 atom stereocenters. The van der Waals surface area contributed by atoms with Gasteiger partial charge in [0.25, 0.3) is 5.91 Å². The van der Waals surface area contributed by atoms with Crippen LogP contribution in [-0.4, -0.2) is 22.6 Å². The monoisotopic (exact) mass is 594 g/mol. The van der Waals surface area contributed by atoms with Crippen molar-refractivity contribution in [1.82, 2.24) is 10.3 Å². The SMILES string of the molecule is Cc1c(Cl)cccc1-c1ccc([C@H]2[C@@H](c3ccccn3)NC(=S)N2c2ccc(NC(=O)COc3ccccc3)cc2)o1. The van der Waals surface area contributed by atoms with E-state index in [-0.39, 0.29) is 24.6 Å². The molecule has 0 saturated carbocycles. The van der Waals surface area contributed by atoms with Crippen molar-refractivity contribution >= 4 is 46.2 Å². The van der Waals surface area contributed by atoms with E-state index in [1.54, 1.807) is 6.20 Å². The average molecular weight is 595 g/mol. The van der Waals surface area contributed by atoms with Gasteiger partial charge in [0.15, 0.2) is 11.7 Å². The lowest BCUT2D eigenvalue weighted by Gasteiger charge is -2.26. The Morgan fingerprint density at radius 3 is 2.55 bits per heavy atom. The van der Waals surface area contributed by atoms with E-state index in [0.29, 0.717) is 21.6 Å². The normalized spacial score (nSPS) is 16.2. The molecule has 5 aromatic rings. The lowest BCUT2D eigenvalue weighted by atomic mass is 10.0. The summed E-state index contributed by atoms with van der Waals surface area (Å²) in [6.07, 6.45) is 1.77. The lowest BCUT2D eigenvalue weighted by Crippen LogP contribution is -2.29. The topological polar surface area (TPSA) is 79.6 Å². The quantitative estimate of drug-likeness (QED) is 0.180. The molecule has 2 N–H and O–H groups in total. The largest absolute Gasteiger partial charge is 0.484 e. The molecular formula is C33H27ClN4O3S. The molecule has 1 aliphatic heterocycles. The highest BCUT2D eigenvalue weighted by Gasteiger charge is 2.42. The highest BCUT2D eigenvalue weighted by atomic mass is 35.5. The fourth-order valence-corrected chi connectivity index (χ4v) is 5.54. The molecule has 2 aromatic heterocycles. The smallest absolute Gasteiger partial charge is 0.262 e. The molecular weight excluding hydrogens is 568 g/mol. The number of furan rings is 1. The highest BCUT2D eigenvalue weighted by molar-refractivity contribution is 7.80. The number of hydrogen-bond acceptors (Lipinski definition) is 5. The molecule has 0 aliphatic carbocycles. The minimum atomic E-state index is -0.319. The zero-order chi connectivity index (χ0) is 29.1. The first kappa shape index (κ1) is 27.5. The second kappa shape index (κ2) is 12.1. The minimum Gasteiger partial charge on any atom is -0.484 e. The molecule has 0 spiro atoms. The van der Waals surface area contributed by atoms with Gasteiger partial charge in [-0.05, 0) is 91.4 Å². The summed E-state index contributed by atoms with van der Waals surface area (Å²) in [7, 11) is 0. The van der Waals surface area contributed by atoms with Crippen LogP contribution in [0.1, 0.15) is 29.1 Å². The Hall–Kier alpha value is -4.66. The minimum absolute atomic E-state index is 0.0906. The number of thiocarbonyl (C=S) groups is 1. The fourth-order valence-electron chi connectivity index (χ4n) is 5.02. The number of para-hydroxylation sites is 1. The van der Waals surface area contributed by atoms with E-state index in [4.69, 9.17) is 33.0 Å². The van der Waals surface area contributed by atoms with E-state index < -0.39 is 0 Å². The maximum absolute atomic E-state index is 12.5. The van der Waals surface area contributed by atoms with Crippen LogP contribution >= 0.6 is 23.8 Å². The van der Waals surface area contributed by atoms with Gasteiger partial charge < -0.3 is 24.7 Å². The molecule has 42 heavy (non-hydrogen) atoms. The molecule has 1 amide bonds. The lowest BCUT2D eigenvalue weighted by molar-refractivity contribution is -0.118. The van der Waals surface area contributed by atoms with Gasteiger partial charge in [0.2, 0.25) is 0 Å². The standard InChI is InChI=1S/C33H27ClN4O3S/c1-21-25(10-7-11-26(21)34)28-17-18-29(41-28)32-31(27-12-5-6-19-35-27)37-33(42)38(32)23-15-13-22(14-16-23)36-30(39)20-40-24-8-3-2-4-9-24/h2-19,31-32H,20H2,1H3,(H,36,39)(H,37,42)/t31-,32+/m1/s1. The number of benzene rings is 3. The Labute approximate surface area is 254 Å². The molecule has 3 heterocycles. The van der Waals surface area contributed by atoms with Crippen molar-refractivity contribution in [3.05, 3.63) is 131 Å². The van der Waals surface area contributed by atoms with E-state index in [1.807, 2.05) is 115 Å². The summed E-state index contributed by atoms with van der Waals surface area (Å²) in [5.74, 6) is 1.83. The third-order valence-electron chi connectivity index (χ3n) is 7.09. The first-order valence-electron chi connectivity index (χ1n) is 13.4. The van der Waals surface area contributed by atoms with E-state index >= 15 is 0 Å². The Bertz CT molecular complexity index is 1710. The van der Waals surface area contributed by atoms with E-state index in [1.165, 1.54) is 0 Å². The molecule has 3 aromatic carbocycles. The van der Waals surface area contributed by atoms with Crippen molar-refractivity contribution in [3.8, 4) is 17.1 Å². The summed E-state index contributed by atoms with van der Waals surface area (Å²) in [6.45, 7) is 1.88. The van der Waals surface area contributed by atoms with Gasteiger partial charge in [0.1, 0.15) is 23.3 Å². The first-order chi connectivity index (χ1) is 20.5. The Kier molecular flexibility index (Phi) is 7.90. The second-order valence-corrected chi connectivity index (χ2v) is 10.6. The maximum Gasteiger partial charge on any atom is 0.262 e. The number of carbonyl (C=O) groups excluding carboxylic acids is 1. The second-order valence-electron chi connectivity index (χ2n) is 9.81. The van der Waals surface area contributed by atoms with Gasteiger partial charge >= 0.3 is 0 Å². The van der Waals surface area contributed by atoms with Crippen molar-refractivity contribution in [2.24, 2.45) is 0 Å². The van der Waals surface area contributed by atoms with Gasteiger partial charge in [-0.3, -0.25) is 9.78 Å². The number of aromatic nitrogens is 1.